The molecule has 0 radical (unpaired) electrons. The summed E-state index contributed by atoms with van der Waals surface area (Å²) in [4.78, 5) is 37.8. The van der Waals surface area contributed by atoms with E-state index in [4.69, 9.17) is 21.1 Å². The molecule has 1 aliphatic heterocycles. The number of hydrogen-bond donors (Lipinski definition) is 0. The number of nitrogens with zero attached hydrogens (tertiary/aromatic N) is 1. The normalized spacial score (nSPS) is 14.8. The van der Waals surface area contributed by atoms with Crippen molar-refractivity contribution in [2.24, 2.45) is 0 Å². The van der Waals surface area contributed by atoms with E-state index in [0.717, 1.165) is 16.7 Å². The molecule has 0 saturated carbocycles. The average Bonchev–Trinajstić information content (AvgIpc) is 3.02. The summed E-state index contributed by atoms with van der Waals surface area (Å²) in [6.07, 6.45) is 1.52. The van der Waals surface area contributed by atoms with E-state index < -0.39 is 22.9 Å². The van der Waals surface area contributed by atoms with Gasteiger partial charge in [0.2, 0.25) is 0 Å². The van der Waals surface area contributed by atoms with Crippen LogP contribution in [0.5, 0.6) is 11.5 Å². The minimum atomic E-state index is -0.581. The van der Waals surface area contributed by atoms with Crippen LogP contribution in [0.2, 0.25) is 5.02 Å². The third-order valence-corrected chi connectivity index (χ3v) is 5.51. The second kappa shape index (κ2) is 10.5. The maximum Gasteiger partial charge on any atom is 0.343 e. The quantitative estimate of drug-likeness (QED) is 0.402. The smallest absolute Gasteiger partial charge is 0.343 e. The maximum atomic E-state index is 13.1. The Bertz CT molecular complexity index is 1070. The monoisotopic (exact) mass is 479 g/mol. The predicted molar refractivity (Wildman–Crippen MR) is 118 cm³/mol. The Balaban J connectivity index is 1.83. The van der Waals surface area contributed by atoms with Crippen molar-refractivity contribution >= 4 is 46.6 Å². The molecule has 2 aromatic rings. The topological polar surface area (TPSA) is 82.1 Å². The molecule has 0 aliphatic carbocycles. The Labute approximate surface area is 193 Å². The first-order valence-corrected chi connectivity index (χ1v) is 10.7. The van der Waals surface area contributed by atoms with Crippen molar-refractivity contribution in [3.8, 4) is 11.5 Å². The van der Waals surface area contributed by atoms with Crippen LogP contribution in [-0.2, 0) is 20.9 Å². The molecule has 2 aromatic carbocycles. The Hall–Kier alpha value is -3.04. The fourth-order valence-corrected chi connectivity index (χ4v) is 3.94. The summed E-state index contributed by atoms with van der Waals surface area (Å²) < 4.78 is 28.6. The highest BCUT2D eigenvalue weighted by molar-refractivity contribution is 8.18. The third-order valence-electron chi connectivity index (χ3n) is 4.32. The fraction of sp³-hybridized carbons (Fsp3) is 0.227. The van der Waals surface area contributed by atoms with Gasteiger partial charge in [0, 0.05) is 0 Å². The highest BCUT2D eigenvalue weighted by Crippen LogP contribution is 2.39. The van der Waals surface area contributed by atoms with Crippen molar-refractivity contribution in [3.63, 3.8) is 0 Å². The highest BCUT2D eigenvalue weighted by atomic mass is 35.5. The lowest BCUT2D eigenvalue weighted by Gasteiger charge is -2.14. The molecule has 0 bridgehead atoms. The molecule has 32 heavy (non-hydrogen) atoms. The number of hydrogen-bond acceptors (Lipinski definition) is 7. The van der Waals surface area contributed by atoms with Gasteiger partial charge in [-0.3, -0.25) is 14.5 Å². The van der Waals surface area contributed by atoms with Gasteiger partial charge in [-0.15, -0.1) is 0 Å². The molecule has 0 spiro atoms. The second-order valence-electron chi connectivity index (χ2n) is 6.52. The zero-order valence-electron chi connectivity index (χ0n) is 17.2. The van der Waals surface area contributed by atoms with Gasteiger partial charge >= 0.3 is 5.97 Å². The molecule has 168 valence electrons. The van der Waals surface area contributed by atoms with E-state index in [1.807, 2.05) is 0 Å². The van der Waals surface area contributed by atoms with Crippen LogP contribution in [0.3, 0.4) is 0 Å². The Morgan fingerprint density at radius 1 is 1.19 bits per heavy atom. The molecule has 0 N–H and O–H groups in total. The molecule has 0 aromatic heterocycles. The molecule has 10 heteroatoms. The lowest BCUT2D eigenvalue weighted by atomic mass is 10.1. The van der Waals surface area contributed by atoms with Gasteiger partial charge in [-0.25, -0.2) is 9.18 Å². The van der Waals surface area contributed by atoms with Gasteiger partial charge in [-0.1, -0.05) is 23.7 Å². The molecular weight excluding hydrogens is 461 g/mol. The van der Waals surface area contributed by atoms with Crippen molar-refractivity contribution in [1.29, 1.82) is 0 Å². The lowest BCUT2D eigenvalue weighted by molar-refractivity contribution is -0.142. The largest absolute Gasteiger partial charge is 0.490 e. The van der Waals surface area contributed by atoms with Crippen LogP contribution >= 0.6 is 23.4 Å². The van der Waals surface area contributed by atoms with Crippen molar-refractivity contribution in [1.82, 2.24) is 4.90 Å². The van der Waals surface area contributed by atoms with Crippen LogP contribution < -0.4 is 9.47 Å². The van der Waals surface area contributed by atoms with E-state index >= 15 is 0 Å². The van der Waals surface area contributed by atoms with Gasteiger partial charge < -0.3 is 14.2 Å². The number of carbonyl (C=O) groups excluding carboxylic acids is 3. The van der Waals surface area contributed by atoms with E-state index in [0.29, 0.717) is 17.7 Å². The number of ether oxygens (including phenoxy) is 3. The summed E-state index contributed by atoms with van der Waals surface area (Å²) in [5, 5.41) is -0.267. The minimum Gasteiger partial charge on any atom is -0.490 e. The van der Waals surface area contributed by atoms with Gasteiger partial charge in [-0.05, 0) is 60.2 Å². The first-order chi connectivity index (χ1) is 15.3. The molecule has 1 saturated heterocycles. The number of imide groups is 1. The van der Waals surface area contributed by atoms with Crippen LogP contribution in [0.15, 0.2) is 41.3 Å². The van der Waals surface area contributed by atoms with Crippen molar-refractivity contribution < 1.29 is 33.0 Å². The molecule has 1 heterocycles. The first-order valence-electron chi connectivity index (χ1n) is 9.48. The zero-order chi connectivity index (χ0) is 23.3. The molecule has 0 unspecified atom stereocenters. The average molecular weight is 480 g/mol. The SMILES string of the molecule is CCOc1cc(/C=C2\SC(=O)N(Cc3ccc(F)cc3)C2=O)cc(Cl)c1OCC(=O)OC. The lowest BCUT2D eigenvalue weighted by Crippen LogP contribution is -2.27. The fourth-order valence-electron chi connectivity index (χ4n) is 2.82. The van der Waals surface area contributed by atoms with Gasteiger partial charge in [0.25, 0.3) is 11.1 Å². The van der Waals surface area contributed by atoms with Crippen LogP contribution in [0, 0.1) is 5.82 Å². The van der Waals surface area contributed by atoms with E-state index in [1.54, 1.807) is 13.0 Å². The molecule has 1 fully saturated rings. The number of methoxy groups -OCH3 is 1. The predicted octanol–water partition coefficient (Wildman–Crippen LogP) is 4.67. The Kier molecular flexibility index (Phi) is 7.76. The maximum absolute atomic E-state index is 13.1. The highest BCUT2D eigenvalue weighted by Gasteiger charge is 2.35. The number of carbonyl (C=O) groups is 3. The van der Waals surface area contributed by atoms with Crippen LogP contribution in [0.4, 0.5) is 9.18 Å². The van der Waals surface area contributed by atoms with E-state index in [-0.39, 0.29) is 34.6 Å². The van der Waals surface area contributed by atoms with Crippen LogP contribution in [0.25, 0.3) is 6.08 Å². The van der Waals surface area contributed by atoms with E-state index in [2.05, 4.69) is 4.74 Å². The summed E-state index contributed by atoms with van der Waals surface area (Å²) >= 11 is 7.10. The molecule has 0 atom stereocenters. The first kappa shape index (κ1) is 23.6. The summed E-state index contributed by atoms with van der Waals surface area (Å²) in [6.45, 7) is 1.76. The summed E-state index contributed by atoms with van der Waals surface area (Å²) in [5.74, 6) is -1.00. The summed E-state index contributed by atoms with van der Waals surface area (Å²) in [5.41, 5.74) is 1.14. The molecule has 3 rings (SSSR count). The molecule has 1 aliphatic rings. The molecule has 7 nitrogen and oxygen atoms in total. The van der Waals surface area contributed by atoms with Crippen molar-refractivity contribution in [3.05, 3.63) is 63.3 Å². The summed E-state index contributed by atoms with van der Waals surface area (Å²) in [6, 6.07) is 8.70. The van der Waals surface area contributed by atoms with Gasteiger partial charge in [0.1, 0.15) is 5.82 Å². The number of esters is 1. The number of halogens is 2. The number of amides is 2. The molecular formula is C22H19ClFNO6S. The minimum absolute atomic E-state index is 0.0353. The van der Waals surface area contributed by atoms with Gasteiger partial charge in [0.05, 0.1) is 30.2 Å². The zero-order valence-corrected chi connectivity index (χ0v) is 18.8. The van der Waals surface area contributed by atoms with Crippen LogP contribution in [0.1, 0.15) is 18.1 Å². The molecule has 2 amide bonds. The van der Waals surface area contributed by atoms with E-state index in [1.165, 1.54) is 43.5 Å². The number of benzene rings is 2. The van der Waals surface area contributed by atoms with Gasteiger partial charge in [0.15, 0.2) is 18.1 Å². The van der Waals surface area contributed by atoms with Crippen molar-refractivity contribution in [2.45, 2.75) is 13.5 Å². The third kappa shape index (κ3) is 5.60. The van der Waals surface area contributed by atoms with E-state index in [9.17, 15) is 18.8 Å². The van der Waals surface area contributed by atoms with Gasteiger partial charge in [-0.2, -0.15) is 0 Å². The Morgan fingerprint density at radius 3 is 2.56 bits per heavy atom. The standard InChI is InChI=1S/C22H19ClFNO6S/c1-3-30-17-9-14(8-16(23)20(17)31-12-19(26)29-2)10-18-21(27)25(22(28)32-18)11-13-4-6-15(24)7-5-13/h4-10H,3,11-12H2,1-2H3/b18-10-. The number of thioether (sulfide) groups is 1. The summed E-state index contributed by atoms with van der Waals surface area (Å²) in [7, 11) is 1.24. The second-order valence-corrected chi connectivity index (χ2v) is 7.92. The van der Waals surface area contributed by atoms with Crippen molar-refractivity contribution in [2.75, 3.05) is 20.3 Å². The Morgan fingerprint density at radius 2 is 1.91 bits per heavy atom. The number of rotatable bonds is 8. The van der Waals surface area contributed by atoms with Crippen LogP contribution in [-0.4, -0.2) is 42.3 Å².